The molecule has 2 N–H and O–H groups in total. The van der Waals surface area contributed by atoms with E-state index in [9.17, 15) is 0 Å². The van der Waals surface area contributed by atoms with Gasteiger partial charge in [0.25, 0.3) is 0 Å². The maximum atomic E-state index is 6.27. The summed E-state index contributed by atoms with van der Waals surface area (Å²) in [6.45, 7) is 1.50. The van der Waals surface area contributed by atoms with Crippen molar-refractivity contribution in [2.45, 2.75) is 50.3 Å². The molecule has 1 saturated heterocycles. The molecule has 0 radical (unpaired) electrons. The molecule has 2 fully saturated rings. The van der Waals surface area contributed by atoms with Crippen LogP contribution in [0.2, 0.25) is 0 Å². The smallest absolute Gasteiger partial charge is 0.240 e. The highest BCUT2D eigenvalue weighted by molar-refractivity contribution is 5.63. The van der Waals surface area contributed by atoms with Crippen molar-refractivity contribution >= 4 is 5.52 Å². The fraction of sp³-hybridized carbons (Fsp3) is 0.526. The van der Waals surface area contributed by atoms with Gasteiger partial charge in [0.1, 0.15) is 11.6 Å². The average molecular weight is 368 g/mol. The molecule has 0 bridgehead atoms. The van der Waals surface area contributed by atoms with Crippen LogP contribution in [0.15, 0.2) is 30.9 Å². The highest BCUT2D eigenvalue weighted by Gasteiger charge is 2.23. The highest BCUT2D eigenvalue weighted by atomic mass is 16.5. The number of ether oxygens (including phenoxy) is 2. The standard InChI is InChI=1S/C19H24N6O2/c20-14-2-1-3-16(8-14)27-19-18-4-6-21-25(18)11-17(23-19)13-9-22-24(10-13)15-5-7-26-12-15/h4,6,9-11,14-16H,1-3,5,7-8,12,20H2/t14-,15?,16+/m0/s1. The van der Waals surface area contributed by atoms with E-state index in [-0.39, 0.29) is 12.1 Å². The maximum Gasteiger partial charge on any atom is 0.240 e. The van der Waals surface area contributed by atoms with E-state index in [0.717, 1.165) is 55.5 Å². The Morgan fingerprint density at radius 2 is 2.15 bits per heavy atom. The maximum absolute atomic E-state index is 6.27. The zero-order valence-corrected chi connectivity index (χ0v) is 15.2. The number of aromatic nitrogens is 5. The van der Waals surface area contributed by atoms with Crippen molar-refractivity contribution in [3.63, 3.8) is 0 Å². The van der Waals surface area contributed by atoms with Gasteiger partial charge in [0.05, 0.1) is 36.9 Å². The lowest BCUT2D eigenvalue weighted by atomic mass is 9.94. The molecule has 4 heterocycles. The van der Waals surface area contributed by atoms with E-state index in [1.165, 1.54) is 0 Å². The summed E-state index contributed by atoms with van der Waals surface area (Å²) in [5.41, 5.74) is 8.73. The molecular weight excluding hydrogens is 344 g/mol. The van der Waals surface area contributed by atoms with Crippen molar-refractivity contribution in [1.29, 1.82) is 0 Å². The average Bonchev–Trinajstić information content (AvgIpc) is 3.41. The summed E-state index contributed by atoms with van der Waals surface area (Å²) in [5.74, 6) is 0.612. The van der Waals surface area contributed by atoms with Gasteiger partial charge in [0.2, 0.25) is 5.88 Å². The zero-order valence-electron chi connectivity index (χ0n) is 15.2. The van der Waals surface area contributed by atoms with Crippen LogP contribution >= 0.6 is 0 Å². The van der Waals surface area contributed by atoms with Crippen molar-refractivity contribution in [3.8, 4) is 17.1 Å². The van der Waals surface area contributed by atoms with E-state index in [1.807, 2.05) is 33.9 Å². The minimum atomic E-state index is 0.105. The normalized spacial score (nSPS) is 25.9. The summed E-state index contributed by atoms with van der Waals surface area (Å²) in [4.78, 5) is 4.79. The summed E-state index contributed by atoms with van der Waals surface area (Å²) >= 11 is 0. The Balaban J connectivity index is 1.46. The molecule has 3 aromatic rings. The molecule has 0 aromatic carbocycles. The van der Waals surface area contributed by atoms with E-state index in [0.29, 0.717) is 18.5 Å². The van der Waals surface area contributed by atoms with Crippen LogP contribution in [0, 0.1) is 0 Å². The Hall–Kier alpha value is -2.45. The second kappa shape index (κ2) is 6.94. The number of hydrogen-bond acceptors (Lipinski definition) is 6. The SMILES string of the molecule is N[C@H]1CCC[C@@H](Oc2nc(-c3cnn(C4CCOC4)c3)cn3nccc23)C1. The van der Waals surface area contributed by atoms with Crippen molar-refractivity contribution in [2.75, 3.05) is 13.2 Å². The first kappa shape index (κ1) is 16.7. The van der Waals surface area contributed by atoms with Crippen LogP contribution in [0.1, 0.15) is 38.1 Å². The van der Waals surface area contributed by atoms with Gasteiger partial charge in [-0.05, 0) is 38.2 Å². The quantitative estimate of drug-likeness (QED) is 0.759. The fourth-order valence-corrected chi connectivity index (χ4v) is 3.97. The van der Waals surface area contributed by atoms with Gasteiger partial charge in [-0.1, -0.05) is 0 Å². The highest BCUT2D eigenvalue weighted by Crippen LogP contribution is 2.28. The third kappa shape index (κ3) is 3.30. The Morgan fingerprint density at radius 1 is 1.19 bits per heavy atom. The van der Waals surface area contributed by atoms with Gasteiger partial charge >= 0.3 is 0 Å². The first-order valence-corrected chi connectivity index (χ1v) is 9.65. The lowest BCUT2D eigenvalue weighted by Crippen LogP contribution is -2.34. The topological polar surface area (TPSA) is 92.5 Å². The Morgan fingerprint density at radius 3 is 3.00 bits per heavy atom. The van der Waals surface area contributed by atoms with Gasteiger partial charge in [-0.3, -0.25) is 4.68 Å². The van der Waals surface area contributed by atoms with Gasteiger partial charge in [0.15, 0.2) is 0 Å². The van der Waals surface area contributed by atoms with E-state index in [1.54, 1.807) is 6.20 Å². The molecule has 1 saturated carbocycles. The summed E-state index contributed by atoms with van der Waals surface area (Å²) < 4.78 is 15.5. The second-order valence-corrected chi connectivity index (χ2v) is 7.49. The molecule has 2 aliphatic rings. The summed E-state index contributed by atoms with van der Waals surface area (Å²) in [6, 6.07) is 2.43. The lowest BCUT2D eigenvalue weighted by molar-refractivity contribution is 0.140. The molecule has 8 nitrogen and oxygen atoms in total. The molecular formula is C19H24N6O2. The lowest BCUT2D eigenvalue weighted by Gasteiger charge is -2.27. The number of nitrogens with zero attached hydrogens (tertiary/aromatic N) is 5. The van der Waals surface area contributed by atoms with Gasteiger partial charge in [-0.25, -0.2) is 9.50 Å². The third-order valence-electron chi connectivity index (χ3n) is 5.48. The van der Waals surface area contributed by atoms with Crippen LogP contribution < -0.4 is 10.5 Å². The van der Waals surface area contributed by atoms with E-state index < -0.39 is 0 Å². The first-order chi connectivity index (χ1) is 13.3. The van der Waals surface area contributed by atoms with Crippen LogP contribution in [0.5, 0.6) is 5.88 Å². The number of rotatable bonds is 4. The molecule has 142 valence electrons. The molecule has 1 aliphatic carbocycles. The fourth-order valence-electron chi connectivity index (χ4n) is 3.97. The van der Waals surface area contributed by atoms with Gasteiger partial charge in [-0.2, -0.15) is 10.2 Å². The predicted molar refractivity (Wildman–Crippen MR) is 99.5 cm³/mol. The molecule has 0 spiro atoms. The van der Waals surface area contributed by atoms with Gasteiger partial charge in [0, 0.05) is 24.4 Å². The van der Waals surface area contributed by atoms with Crippen LogP contribution in [0.3, 0.4) is 0 Å². The van der Waals surface area contributed by atoms with Crippen LogP contribution in [0.4, 0.5) is 0 Å². The largest absolute Gasteiger partial charge is 0.473 e. The number of nitrogens with two attached hydrogens (primary N) is 1. The Bertz CT molecular complexity index is 929. The van der Waals surface area contributed by atoms with Crippen LogP contribution in [-0.2, 0) is 4.74 Å². The van der Waals surface area contributed by atoms with Crippen LogP contribution in [-0.4, -0.2) is 49.7 Å². The number of fused-ring (bicyclic) bond motifs is 1. The first-order valence-electron chi connectivity index (χ1n) is 9.65. The molecule has 3 aromatic heterocycles. The van der Waals surface area contributed by atoms with E-state index in [2.05, 4.69) is 10.2 Å². The van der Waals surface area contributed by atoms with Crippen molar-refractivity contribution in [2.24, 2.45) is 5.73 Å². The predicted octanol–water partition coefficient (Wildman–Crippen LogP) is 2.20. The Labute approximate surface area is 157 Å². The third-order valence-corrected chi connectivity index (χ3v) is 5.48. The van der Waals surface area contributed by atoms with E-state index in [4.69, 9.17) is 20.2 Å². The van der Waals surface area contributed by atoms with Crippen molar-refractivity contribution in [1.82, 2.24) is 24.4 Å². The Kier molecular flexibility index (Phi) is 4.29. The van der Waals surface area contributed by atoms with E-state index >= 15 is 0 Å². The van der Waals surface area contributed by atoms with Crippen molar-refractivity contribution < 1.29 is 9.47 Å². The minimum absolute atomic E-state index is 0.105. The zero-order chi connectivity index (χ0) is 18.2. The molecule has 5 rings (SSSR count). The monoisotopic (exact) mass is 368 g/mol. The summed E-state index contributed by atoms with van der Waals surface area (Å²) in [5, 5.41) is 8.89. The molecule has 3 atom stereocenters. The minimum Gasteiger partial charge on any atom is -0.473 e. The molecule has 1 unspecified atom stereocenters. The van der Waals surface area contributed by atoms with Crippen LogP contribution in [0.25, 0.3) is 16.8 Å². The van der Waals surface area contributed by atoms with Gasteiger partial charge < -0.3 is 15.2 Å². The van der Waals surface area contributed by atoms with Crippen molar-refractivity contribution in [3.05, 3.63) is 30.9 Å². The molecule has 27 heavy (non-hydrogen) atoms. The number of hydrogen-bond donors (Lipinski definition) is 1. The van der Waals surface area contributed by atoms with Gasteiger partial charge in [-0.15, -0.1) is 0 Å². The molecule has 8 heteroatoms. The molecule has 1 aliphatic heterocycles. The molecule has 0 amide bonds. The summed E-state index contributed by atoms with van der Waals surface area (Å²) in [6.07, 6.45) is 12.7. The summed E-state index contributed by atoms with van der Waals surface area (Å²) in [7, 11) is 0. The second-order valence-electron chi connectivity index (χ2n) is 7.49.